The van der Waals surface area contributed by atoms with Crippen LogP contribution in [0.4, 0.5) is 0 Å². The van der Waals surface area contributed by atoms with E-state index < -0.39 is 10.0 Å². The molecule has 0 radical (unpaired) electrons. The molecule has 1 aromatic heterocycles. The van der Waals surface area contributed by atoms with Crippen LogP contribution in [0.25, 0.3) is 0 Å². The first-order valence-electron chi connectivity index (χ1n) is 11.8. The molecule has 2 aromatic carbocycles. The summed E-state index contributed by atoms with van der Waals surface area (Å²) in [5.74, 6) is 0.567. The van der Waals surface area contributed by atoms with E-state index in [1.807, 2.05) is 43.5 Å². The fraction of sp³-hybridized carbons (Fsp3) is 0.370. The second kappa shape index (κ2) is 10.5. The molecule has 4 rings (SSSR count). The first-order chi connectivity index (χ1) is 16.7. The lowest BCUT2D eigenvalue weighted by Crippen LogP contribution is -2.49. The Morgan fingerprint density at radius 2 is 1.83 bits per heavy atom. The maximum atomic E-state index is 13.6. The van der Waals surface area contributed by atoms with Crippen molar-refractivity contribution in [1.29, 1.82) is 0 Å². The smallest absolute Gasteiger partial charge is 0.243 e. The van der Waals surface area contributed by atoms with Crippen LogP contribution < -0.4 is 4.74 Å². The molecule has 186 valence electrons. The van der Waals surface area contributed by atoms with Crippen LogP contribution in [-0.2, 0) is 21.2 Å². The van der Waals surface area contributed by atoms with Gasteiger partial charge in [0.25, 0.3) is 0 Å². The number of hydrogen-bond donors (Lipinski definition) is 0. The van der Waals surface area contributed by atoms with Gasteiger partial charge in [0.2, 0.25) is 15.9 Å². The summed E-state index contributed by atoms with van der Waals surface area (Å²) in [5.41, 5.74) is 3.09. The Morgan fingerprint density at radius 1 is 1.11 bits per heavy atom. The number of carbonyl (C=O) groups is 1. The van der Waals surface area contributed by atoms with E-state index in [9.17, 15) is 13.2 Å². The fourth-order valence-corrected chi connectivity index (χ4v) is 6.89. The molecule has 8 heteroatoms. The molecule has 1 atom stereocenters. The van der Waals surface area contributed by atoms with Crippen LogP contribution in [0.15, 0.2) is 64.9 Å². The highest BCUT2D eigenvalue weighted by atomic mass is 32.2. The predicted octanol–water partition coefficient (Wildman–Crippen LogP) is 4.97. The molecule has 0 saturated carbocycles. The summed E-state index contributed by atoms with van der Waals surface area (Å²) in [6.07, 6.45) is 0.756. The van der Waals surface area contributed by atoms with Gasteiger partial charge in [-0.15, -0.1) is 11.3 Å². The lowest BCUT2D eigenvalue weighted by molar-refractivity contribution is -0.135. The van der Waals surface area contributed by atoms with Gasteiger partial charge in [0.1, 0.15) is 12.4 Å². The first-order valence-corrected chi connectivity index (χ1v) is 14.1. The zero-order valence-electron chi connectivity index (χ0n) is 20.6. The van der Waals surface area contributed by atoms with Crippen LogP contribution in [-0.4, -0.2) is 49.3 Å². The summed E-state index contributed by atoms with van der Waals surface area (Å²) < 4.78 is 34.3. The van der Waals surface area contributed by atoms with Crippen molar-refractivity contribution in [2.24, 2.45) is 0 Å². The molecule has 0 saturated heterocycles. The van der Waals surface area contributed by atoms with Crippen LogP contribution in [0.2, 0.25) is 0 Å². The Morgan fingerprint density at radius 3 is 2.51 bits per heavy atom. The summed E-state index contributed by atoms with van der Waals surface area (Å²) >= 11 is 1.69. The zero-order valence-corrected chi connectivity index (χ0v) is 22.2. The Labute approximate surface area is 212 Å². The molecular formula is C27H32N2O4S2. The molecule has 1 aliphatic heterocycles. The molecule has 0 bridgehead atoms. The highest BCUT2D eigenvalue weighted by Crippen LogP contribution is 2.34. The Balaban J connectivity index is 1.58. The monoisotopic (exact) mass is 512 g/mol. The highest BCUT2D eigenvalue weighted by molar-refractivity contribution is 7.89. The van der Waals surface area contributed by atoms with E-state index in [1.165, 1.54) is 9.18 Å². The predicted molar refractivity (Wildman–Crippen MR) is 139 cm³/mol. The number of carbonyl (C=O) groups excluding carboxylic acids is 1. The van der Waals surface area contributed by atoms with Gasteiger partial charge in [0.15, 0.2) is 0 Å². The van der Waals surface area contributed by atoms with Crippen LogP contribution in [0.1, 0.15) is 41.5 Å². The van der Waals surface area contributed by atoms with Gasteiger partial charge < -0.3 is 9.64 Å². The van der Waals surface area contributed by atoms with Gasteiger partial charge in [-0.1, -0.05) is 35.9 Å². The maximum absolute atomic E-state index is 13.6. The van der Waals surface area contributed by atoms with Crippen molar-refractivity contribution in [3.63, 3.8) is 0 Å². The number of nitrogens with zero attached hydrogens (tertiary/aromatic N) is 2. The molecule has 1 amide bonds. The summed E-state index contributed by atoms with van der Waals surface area (Å²) in [7, 11) is -3.82. The van der Waals surface area contributed by atoms with E-state index in [-0.39, 0.29) is 29.4 Å². The summed E-state index contributed by atoms with van der Waals surface area (Å²) in [4.78, 5) is 16.9. The van der Waals surface area contributed by atoms with Crippen molar-refractivity contribution in [2.75, 3.05) is 19.7 Å². The first kappa shape index (κ1) is 25.4. The van der Waals surface area contributed by atoms with Gasteiger partial charge in [-0.05, 0) is 74.9 Å². The van der Waals surface area contributed by atoms with Gasteiger partial charge in [0, 0.05) is 17.5 Å². The SMILES string of the molecule is Cc1ccc(S(=O)(=O)N(CC(=O)N2CCc3sccc3C2COc2ccccc2C)C(C)C)cc1. The van der Waals surface area contributed by atoms with Gasteiger partial charge in [-0.3, -0.25) is 4.79 Å². The van der Waals surface area contributed by atoms with E-state index in [2.05, 4.69) is 6.07 Å². The van der Waals surface area contributed by atoms with E-state index in [1.54, 1.807) is 54.3 Å². The number of aryl methyl sites for hydroxylation is 2. The number of amides is 1. The number of hydrogen-bond acceptors (Lipinski definition) is 5. The average molecular weight is 513 g/mol. The third-order valence-corrected chi connectivity index (χ3v) is 9.43. The Bertz CT molecular complexity index is 1280. The lowest BCUT2D eigenvalue weighted by atomic mass is 10.0. The molecule has 1 unspecified atom stereocenters. The van der Waals surface area contributed by atoms with Gasteiger partial charge in [0.05, 0.1) is 17.5 Å². The summed E-state index contributed by atoms with van der Waals surface area (Å²) in [5, 5.41) is 2.04. The van der Waals surface area contributed by atoms with Crippen LogP contribution in [0.5, 0.6) is 5.75 Å². The minimum atomic E-state index is -3.82. The molecule has 0 fully saturated rings. The molecule has 1 aliphatic rings. The molecular weight excluding hydrogens is 480 g/mol. The summed E-state index contributed by atoms with van der Waals surface area (Å²) in [6, 6.07) is 16.0. The Hall–Kier alpha value is -2.68. The second-order valence-corrected chi connectivity index (χ2v) is 12.1. The average Bonchev–Trinajstić information content (AvgIpc) is 3.31. The molecule has 0 aliphatic carbocycles. The van der Waals surface area contributed by atoms with E-state index in [0.717, 1.165) is 28.9 Å². The summed E-state index contributed by atoms with van der Waals surface area (Å²) in [6.45, 7) is 8.13. The van der Waals surface area contributed by atoms with Crippen molar-refractivity contribution in [2.45, 2.75) is 51.1 Å². The Kier molecular flexibility index (Phi) is 7.64. The maximum Gasteiger partial charge on any atom is 0.243 e. The highest BCUT2D eigenvalue weighted by Gasteiger charge is 2.36. The second-order valence-electron chi connectivity index (χ2n) is 9.19. The van der Waals surface area contributed by atoms with Crippen molar-refractivity contribution >= 4 is 27.3 Å². The van der Waals surface area contributed by atoms with Gasteiger partial charge >= 0.3 is 0 Å². The number of para-hydroxylation sites is 1. The fourth-order valence-electron chi connectivity index (χ4n) is 4.38. The number of benzene rings is 2. The number of thiophene rings is 1. The number of fused-ring (bicyclic) bond motifs is 1. The molecule has 35 heavy (non-hydrogen) atoms. The number of sulfonamides is 1. The standard InChI is InChI=1S/C27H32N2O4S2/c1-19(2)29(35(31,32)22-11-9-20(3)10-12-22)17-27(30)28-15-13-26-23(14-16-34-26)24(28)18-33-25-8-6-5-7-21(25)4/h5-12,14,16,19,24H,13,15,17-18H2,1-4H3. The zero-order chi connectivity index (χ0) is 25.2. The van der Waals surface area contributed by atoms with Crippen LogP contribution in [0.3, 0.4) is 0 Å². The van der Waals surface area contributed by atoms with Gasteiger partial charge in [-0.2, -0.15) is 4.31 Å². The lowest BCUT2D eigenvalue weighted by Gasteiger charge is -2.37. The van der Waals surface area contributed by atoms with Crippen LogP contribution >= 0.6 is 11.3 Å². The minimum absolute atomic E-state index is 0.197. The van der Waals surface area contributed by atoms with Crippen molar-refractivity contribution < 1.29 is 17.9 Å². The minimum Gasteiger partial charge on any atom is -0.491 e. The van der Waals surface area contributed by atoms with E-state index >= 15 is 0 Å². The van der Waals surface area contributed by atoms with E-state index in [0.29, 0.717) is 13.2 Å². The van der Waals surface area contributed by atoms with Crippen molar-refractivity contribution in [1.82, 2.24) is 9.21 Å². The third-order valence-electron chi connectivity index (χ3n) is 6.40. The van der Waals surface area contributed by atoms with Crippen LogP contribution in [0, 0.1) is 13.8 Å². The number of rotatable bonds is 8. The number of ether oxygens (including phenoxy) is 1. The van der Waals surface area contributed by atoms with Crippen molar-refractivity contribution in [3.05, 3.63) is 81.5 Å². The topological polar surface area (TPSA) is 66.9 Å². The normalized spacial score (nSPS) is 15.9. The van der Waals surface area contributed by atoms with Gasteiger partial charge in [-0.25, -0.2) is 8.42 Å². The third kappa shape index (κ3) is 5.44. The van der Waals surface area contributed by atoms with Crippen molar-refractivity contribution in [3.8, 4) is 5.75 Å². The molecule has 2 heterocycles. The van der Waals surface area contributed by atoms with E-state index in [4.69, 9.17) is 4.74 Å². The largest absolute Gasteiger partial charge is 0.491 e. The molecule has 3 aromatic rings. The molecule has 0 N–H and O–H groups in total. The quantitative estimate of drug-likeness (QED) is 0.427. The molecule has 0 spiro atoms. The molecule has 6 nitrogen and oxygen atoms in total.